The maximum Gasteiger partial charge on any atom is 0.332 e. The molecule has 1 aromatic heterocycles. The Kier molecular flexibility index (Phi) is 6.10. The van der Waals surface area contributed by atoms with Crippen LogP contribution in [0.25, 0.3) is 0 Å². The fraction of sp³-hybridized carbons (Fsp3) is 0.667. The van der Waals surface area contributed by atoms with Gasteiger partial charge in [-0.05, 0) is 19.3 Å². The van der Waals surface area contributed by atoms with Crippen molar-refractivity contribution in [3.8, 4) is 0 Å². The molecule has 1 aromatic rings. The molecule has 0 saturated heterocycles. The van der Waals surface area contributed by atoms with Gasteiger partial charge in [0.2, 0.25) is 11.8 Å². The molecule has 1 rings (SSSR count). The van der Waals surface area contributed by atoms with E-state index in [0.29, 0.717) is 24.6 Å². The van der Waals surface area contributed by atoms with Crippen molar-refractivity contribution in [2.75, 3.05) is 30.8 Å². The molecular weight excluding hydrogens is 262 g/mol. The molecule has 0 amide bonds. The van der Waals surface area contributed by atoms with Crippen LogP contribution in [0.4, 0.5) is 17.5 Å². The van der Waals surface area contributed by atoms with E-state index in [1.165, 1.54) is 0 Å². The number of aryl methyl sites for hydroxylation is 1. The number of anilines is 2. The molecule has 8 nitrogen and oxygen atoms in total. The van der Waals surface area contributed by atoms with Crippen LogP contribution >= 0.6 is 0 Å². The van der Waals surface area contributed by atoms with Crippen LogP contribution in [0.15, 0.2) is 0 Å². The number of hydrogen-bond donors (Lipinski definition) is 3. The minimum atomic E-state index is -0.482. The van der Waals surface area contributed by atoms with Crippen molar-refractivity contribution in [3.05, 3.63) is 15.8 Å². The molecule has 0 aliphatic rings. The molecule has 0 spiro atoms. The van der Waals surface area contributed by atoms with Gasteiger partial charge in [-0.15, -0.1) is 0 Å². The summed E-state index contributed by atoms with van der Waals surface area (Å²) in [6.07, 6.45) is 1.53. The van der Waals surface area contributed by atoms with Crippen LogP contribution in [0.2, 0.25) is 0 Å². The van der Waals surface area contributed by atoms with Gasteiger partial charge >= 0.3 is 5.69 Å². The molecule has 3 N–H and O–H groups in total. The fourth-order valence-corrected chi connectivity index (χ4v) is 1.89. The molecule has 1 unspecified atom stereocenters. The Balaban J connectivity index is 2.96. The quantitative estimate of drug-likeness (QED) is 0.490. The van der Waals surface area contributed by atoms with E-state index in [1.807, 2.05) is 6.92 Å². The Hall–Kier alpha value is -1.96. The third-order valence-corrected chi connectivity index (χ3v) is 3.14. The largest absolute Gasteiger partial charge is 0.396 e. The second-order valence-corrected chi connectivity index (χ2v) is 4.50. The van der Waals surface area contributed by atoms with Gasteiger partial charge in [0.25, 0.3) is 0 Å². The minimum absolute atomic E-state index is 0.104. The van der Waals surface area contributed by atoms with E-state index in [0.717, 1.165) is 6.42 Å². The number of aliphatic hydroxyl groups is 1. The highest BCUT2D eigenvalue weighted by Crippen LogP contribution is 2.26. The molecule has 8 heteroatoms. The number of nitrogens with one attached hydrogen (secondary N) is 2. The lowest BCUT2D eigenvalue weighted by molar-refractivity contribution is -0.385. The molecule has 20 heavy (non-hydrogen) atoms. The highest BCUT2D eigenvalue weighted by molar-refractivity contribution is 5.60. The van der Waals surface area contributed by atoms with Gasteiger partial charge in [-0.2, -0.15) is 4.98 Å². The third-order valence-electron chi connectivity index (χ3n) is 3.14. The van der Waals surface area contributed by atoms with E-state index in [4.69, 9.17) is 5.11 Å². The number of nitrogens with zero attached hydrogens (tertiary/aromatic N) is 3. The predicted molar refractivity (Wildman–Crippen MR) is 76.9 cm³/mol. The first-order valence-electron chi connectivity index (χ1n) is 6.58. The maximum atomic E-state index is 11.1. The fourth-order valence-electron chi connectivity index (χ4n) is 1.89. The third kappa shape index (κ3) is 4.02. The van der Waals surface area contributed by atoms with E-state index >= 15 is 0 Å². The summed E-state index contributed by atoms with van der Waals surface area (Å²) in [5.74, 6) is 0.793. The molecule has 1 atom stereocenters. The van der Waals surface area contributed by atoms with Gasteiger partial charge in [0.1, 0.15) is 5.69 Å². The lowest BCUT2D eigenvalue weighted by Crippen LogP contribution is -2.17. The molecule has 0 aromatic carbocycles. The summed E-state index contributed by atoms with van der Waals surface area (Å²) in [5, 5.41) is 25.8. The molecule has 0 fully saturated rings. The summed E-state index contributed by atoms with van der Waals surface area (Å²) in [4.78, 5) is 18.7. The van der Waals surface area contributed by atoms with E-state index in [2.05, 4.69) is 20.6 Å². The first-order chi connectivity index (χ1) is 9.53. The monoisotopic (exact) mass is 283 g/mol. The molecule has 0 radical (unpaired) electrons. The Morgan fingerprint density at radius 2 is 2.15 bits per heavy atom. The van der Waals surface area contributed by atoms with Crippen LogP contribution in [0, 0.1) is 23.0 Å². The van der Waals surface area contributed by atoms with E-state index in [9.17, 15) is 10.1 Å². The smallest absolute Gasteiger partial charge is 0.332 e. The van der Waals surface area contributed by atoms with Crippen LogP contribution in [-0.4, -0.2) is 40.2 Å². The predicted octanol–water partition coefficient (Wildman–Crippen LogP) is 1.56. The Labute approximate surface area is 117 Å². The molecular formula is C12H21N5O3. The van der Waals surface area contributed by atoms with Crippen LogP contribution in [-0.2, 0) is 0 Å². The van der Waals surface area contributed by atoms with Gasteiger partial charge in [-0.1, -0.05) is 13.3 Å². The van der Waals surface area contributed by atoms with Gasteiger partial charge < -0.3 is 15.7 Å². The molecule has 0 aliphatic carbocycles. The highest BCUT2D eigenvalue weighted by atomic mass is 16.6. The minimum Gasteiger partial charge on any atom is -0.396 e. The summed E-state index contributed by atoms with van der Waals surface area (Å²) in [6.45, 7) is 4.22. The van der Waals surface area contributed by atoms with Crippen LogP contribution in [0.5, 0.6) is 0 Å². The first kappa shape index (κ1) is 16.1. The van der Waals surface area contributed by atoms with Crippen molar-refractivity contribution in [2.45, 2.75) is 26.7 Å². The number of hydrogen-bond acceptors (Lipinski definition) is 7. The van der Waals surface area contributed by atoms with Crippen LogP contribution in [0.3, 0.4) is 0 Å². The zero-order valence-corrected chi connectivity index (χ0v) is 12.0. The van der Waals surface area contributed by atoms with E-state index in [-0.39, 0.29) is 24.0 Å². The lowest BCUT2D eigenvalue weighted by atomic mass is 10.0. The van der Waals surface area contributed by atoms with Gasteiger partial charge in [-0.3, -0.25) is 10.1 Å². The zero-order chi connectivity index (χ0) is 15.1. The number of aliphatic hydroxyl groups excluding tert-OH is 1. The Morgan fingerprint density at radius 3 is 2.65 bits per heavy atom. The average molecular weight is 283 g/mol. The van der Waals surface area contributed by atoms with Crippen molar-refractivity contribution in [1.29, 1.82) is 0 Å². The summed E-state index contributed by atoms with van der Waals surface area (Å²) < 4.78 is 0. The second-order valence-electron chi connectivity index (χ2n) is 4.50. The van der Waals surface area contributed by atoms with Gasteiger partial charge in [0.05, 0.1) is 4.92 Å². The SMILES string of the molecule is CCC(CCO)CNc1nc(NC)nc(C)c1[N+](=O)[O-]. The van der Waals surface area contributed by atoms with E-state index in [1.54, 1.807) is 14.0 Å². The van der Waals surface area contributed by atoms with Crippen LogP contribution < -0.4 is 10.6 Å². The molecule has 1 heterocycles. The molecule has 0 aliphatic heterocycles. The zero-order valence-electron chi connectivity index (χ0n) is 12.0. The first-order valence-corrected chi connectivity index (χ1v) is 6.58. The van der Waals surface area contributed by atoms with Crippen molar-refractivity contribution < 1.29 is 10.0 Å². The van der Waals surface area contributed by atoms with Crippen molar-refractivity contribution in [1.82, 2.24) is 9.97 Å². The molecule has 0 saturated carbocycles. The summed E-state index contributed by atoms with van der Waals surface area (Å²) in [6, 6.07) is 0. The van der Waals surface area contributed by atoms with Crippen LogP contribution in [0.1, 0.15) is 25.5 Å². The molecule has 112 valence electrons. The maximum absolute atomic E-state index is 11.1. The molecule has 0 bridgehead atoms. The van der Waals surface area contributed by atoms with Gasteiger partial charge in [-0.25, -0.2) is 4.98 Å². The normalized spacial score (nSPS) is 12.0. The summed E-state index contributed by atoms with van der Waals surface area (Å²) in [5.41, 5.74) is 0.204. The standard InChI is InChI=1S/C12H21N5O3/c1-4-9(5-6-18)7-14-11-10(17(19)20)8(2)15-12(13-3)16-11/h9,18H,4-7H2,1-3H3,(H2,13,14,15,16). The Bertz CT molecular complexity index is 467. The van der Waals surface area contributed by atoms with Crippen molar-refractivity contribution >= 4 is 17.5 Å². The lowest BCUT2D eigenvalue weighted by Gasteiger charge is -2.15. The summed E-state index contributed by atoms with van der Waals surface area (Å²) >= 11 is 0. The second kappa shape index (κ2) is 7.59. The van der Waals surface area contributed by atoms with E-state index < -0.39 is 4.92 Å². The van der Waals surface area contributed by atoms with Gasteiger partial charge in [0, 0.05) is 20.2 Å². The van der Waals surface area contributed by atoms with Gasteiger partial charge in [0.15, 0.2) is 0 Å². The number of nitro groups is 1. The number of aromatic nitrogens is 2. The Morgan fingerprint density at radius 1 is 1.45 bits per heavy atom. The average Bonchev–Trinajstić information content (AvgIpc) is 2.42. The van der Waals surface area contributed by atoms with Crippen molar-refractivity contribution in [2.24, 2.45) is 5.92 Å². The number of rotatable bonds is 8. The highest BCUT2D eigenvalue weighted by Gasteiger charge is 2.22. The summed E-state index contributed by atoms with van der Waals surface area (Å²) in [7, 11) is 1.66. The van der Waals surface area contributed by atoms with Crippen molar-refractivity contribution in [3.63, 3.8) is 0 Å². The topological polar surface area (TPSA) is 113 Å².